The molecule has 0 atom stereocenters. The van der Waals surface area contributed by atoms with Gasteiger partial charge in [0.25, 0.3) is 5.56 Å². The van der Waals surface area contributed by atoms with E-state index in [1.54, 1.807) is 29.8 Å². The number of nitrogens with zero attached hydrogens (tertiary/aromatic N) is 2. The van der Waals surface area contributed by atoms with Gasteiger partial charge in [-0.25, -0.2) is 0 Å². The molecule has 1 aromatic heterocycles. The number of benzene rings is 1. The van der Waals surface area contributed by atoms with Gasteiger partial charge in [-0.15, -0.1) is 11.8 Å². The minimum Gasteiger partial charge on any atom is -0.355 e. The SMILES string of the molecule is Cn1c(=O)cc(SCC(=O)NCCCN2CCCC2)c2ccc(Cl)cc21. The Morgan fingerprint density at radius 1 is 1.27 bits per heavy atom. The van der Waals surface area contributed by atoms with E-state index in [9.17, 15) is 9.59 Å². The Morgan fingerprint density at radius 3 is 2.81 bits per heavy atom. The molecule has 0 spiro atoms. The Balaban J connectivity index is 1.54. The van der Waals surface area contributed by atoms with Crippen LogP contribution in [0.2, 0.25) is 5.02 Å². The van der Waals surface area contributed by atoms with Crippen molar-refractivity contribution in [3.8, 4) is 0 Å². The van der Waals surface area contributed by atoms with Crippen molar-refractivity contribution < 1.29 is 4.79 Å². The van der Waals surface area contributed by atoms with E-state index in [-0.39, 0.29) is 11.5 Å². The number of hydrogen-bond acceptors (Lipinski definition) is 4. The van der Waals surface area contributed by atoms with Crippen molar-refractivity contribution in [3.05, 3.63) is 39.6 Å². The molecule has 1 N–H and O–H groups in total. The van der Waals surface area contributed by atoms with Gasteiger partial charge in [0.2, 0.25) is 5.91 Å². The third-order valence-corrected chi connectivity index (χ3v) is 5.99. The summed E-state index contributed by atoms with van der Waals surface area (Å²) in [6.07, 6.45) is 3.56. The van der Waals surface area contributed by atoms with E-state index in [0.29, 0.717) is 17.3 Å². The molecule has 1 aliphatic rings. The van der Waals surface area contributed by atoms with Gasteiger partial charge in [0.1, 0.15) is 0 Å². The molecule has 3 rings (SSSR count). The van der Waals surface area contributed by atoms with Crippen molar-refractivity contribution in [1.82, 2.24) is 14.8 Å². The Hall–Kier alpha value is -1.50. The van der Waals surface area contributed by atoms with E-state index >= 15 is 0 Å². The summed E-state index contributed by atoms with van der Waals surface area (Å²) in [4.78, 5) is 27.5. The fraction of sp³-hybridized carbons (Fsp3) is 0.474. The molecule has 26 heavy (non-hydrogen) atoms. The maximum absolute atomic E-state index is 12.1. The molecule has 0 aliphatic carbocycles. The van der Waals surface area contributed by atoms with Gasteiger partial charge in [-0.3, -0.25) is 9.59 Å². The quantitative estimate of drug-likeness (QED) is 0.580. The number of carbonyl (C=O) groups is 1. The summed E-state index contributed by atoms with van der Waals surface area (Å²) in [7, 11) is 1.72. The van der Waals surface area contributed by atoms with E-state index < -0.39 is 0 Å². The van der Waals surface area contributed by atoms with Crippen LogP contribution >= 0.6 is 23.4 Å². The van der Waals surface area contributed by atoms with Crippen LogP contribution < -0.4 is 10.9 Å². The first kappa shape index (κ1) is 19.3. The maximum Gasteiger partial charge on any atom is 0.251 e. The van der Waals surface area contributed by atoms with Crippen LogP contribution in [-0.4, -0.2) is 47.3 Å². The molecule has 1 fully saturated rings. The zero-order valence-electron chi connectivity index (χ0n) is 15.0. The molecule has 0 saturated carbocycles. The number of halogens is 1. The first-order valence-electron chi connectivity index (χ1n) is 8.96. The average Bonchev–Trinajstić information content (AvgIpc) is 3.14. The Labute approximate surface area is 162 Å². The number of amides is 1. The highest BCUT2D eigenvalue weighted by Crippen LogP contribution is 2.28. The van der Waals surface area contributed by atoms with Gasteiger partial charge in [-0.05, 0) is 51.0 Å². The standard InChI is InChI=1S/C19H24ClN3O2S/c1-22-16-11-14(20)5-6-15(16)17(12-19(22)25)26-13-18(24)21-7-4-10-23-8-2-3-9-23/h5-6,11-12H,2-4,7-10,13H2,1H3,(H,21,24). The molecule has 2 heterocycles. The fourth-order valence-electron chi connectivity index (χ4n) is 3.25. The molecule has 0 radical (unpaired) electrons. The molecule has 0 unspecified atom stereocenters. The number of carbonyl (C=O) groups excluding carboxylic acids is 1. The number of aryl methyl sites for hydroxylation is 1. The Kier molecular flexibility index (Phi) is 6.62. The highest BCUT2D eigenvalue weighted by Gasteiger charge is 2.12. The van der Waals surface area contributed by atoms with Gasteiger partial charge in [-0.2, -0.15) is 0 Å². The first-order valence-corrected chi connectivity index (χ1v) is 10.3. The van der Waals surface area contributed by atoms with Crippen LogP contribution in [0.15, 0.2) is 34.0 Å². The van der Waals surface area contributed by atoms with Crippen LogP contribution in [0.5, 0.6) is 0 Å². The average molecular weight is 394 g/mol. The largest absolute Gasteiger partial charge is 0.355 e. The van der Waals surface area contributed by atoms with E-state index in [1.807, 2.05) is 6.07 Å². The lowest BCUT2D eigenvalue weighted by atomic mass is 10.2. The van der Waals surface area contributed by atoms with Crippen LogP contribution in [0.4, 0.5) is 0 Å². The van der Waals surface area contributed by atoms with Gasteiger partial charge in [0, 0.05) is 35.0 Å². The van der Waals surface area contributed by atoms with Gasteiger partial charge < -0.3 is 14.8 Å². The third kappa shape index (κ3) is 4.81. The lowest BCUT2D eigenvalue weighted by molar-refractivity contribution is -0.118. The third-order valence-electron chi connectivity index (χ3n) is 4.70. The van der Waals surface area contributed by atoms with Gasteiger partial charge in [0.15, 0.2) is 0 Å². The summed E-state index contributed by atoms with van der Waals surface area (Å²) in [6, 6.07) is 7.06. The van der Waals surface area contributed by atoms with Crippen LogP contribution in [0.1, 0.15) is 19.3 Å². The monoisotopic (exact) mass is 393 g/mol. The van der Waals surface area contributed by atoms with Crippen molar-refractivity contribution in [2.45, 2.75) is 24.2 Å². The van der Waals surface area contributed by atoms with Crippen molar-refractivity contribution in [2.75, 3.05) is 31.9 Å². The summed E-state index contributed by atoms with van der Waals surface area (Å²) in [5.74, 6) is 0.299. The number of thioether (sulfide) groups is 1. The molecule has 2 aromatic rings. The van der Waals surface area contributed by atoms with Crippen molar-refractivity contribution >= 4 is 40.2 Å². The molecule has 5 nitrogen and oxygen atoms in total. The Bertz CT molecular complexity index is 847. The lowest BCUT2D eigenvalue weighted by Crippen LogP contribution is -2.29. The molecule has 1 aromatic carbocycles. The highest BCUT2D eigenvalue weighted by molar-refractivity contribution is 8.00. The molecule has 0 bridgehead atoms. The van der Waals surface area contributed by atoms with Crippen molar-refractivity contribution in [2.24, 2.45) is 7.05 Å². The van der Waals surface area contributed by atoms with Crippen LogP contribution in [0.25, 0.3) is 10.9 Å². The summed E-state index contributed by atoms with van der Waals surface area (Å²) >= 11 is 7.44. The Morgan fingerprint density at radius 2 is 2.04 bits per heavy atom. The number of nitrogens with one attached hydrogen (secondary N) is 1. The van der Waals surface area contributed by atoms with E-state index in [1.165, 1.54) is 37.7 Å². The number of rotatable bonds is 7. The lowest BCUT2D eigenvalue weighted by Gasteiger charge is -2.14. The molecule has 1 aliphatic heterocycles. The minimum atomic E-state index is -0.103. The summed E-state index contributed by atoms with van der Waals surface area (Å²) < 4.78 is 1.57. The van der Waals surface area contributed by atoms with Crippen LogP contribution in [0.3, 0.4) is 0 Å². The number of hydrogen-bond donors (Lipinski definition) is 1. The molecule has 140 valence electrons. The molecule has 7 heteroatoms. The smallest absolute Gasteiger partial charge is 0.251 e. The predicted molar refractivity (Wildman–Crippen MR) is 108 cm³/mol. The van der Waals surface area contributed by atoms with Gasteiger partial charge in [-0.1, -0.05) is 17.7 Å². The molecule has 1 saturated heterocycles. The molecule has 1 amide bonds. The second kappa shape index (κ2) is 8.93. The number of aromatic nitrogens is 1. The summed E-state index contributed by atoms with van der Waals surface area (Å²) in [5.41, 5.74) is 0.673. The van der Waals surface area contributed by atoms with Crippen molar-refractivity contribution in [1.29, 1.82) is 0 Å². The van der Waals surface area contributed by atoms with E-state index in [0.717, 1.165) is 28.8 Å². The fourth-order valence-corrected chi connectivity index (χ4v) is 4.31. The first-order chi connectivity index (χ1) is 12.5. The maximum atomic E-state index is 12.1. The van der Waals surface area contributed by atoms with Crippen LogP contribution in [0, 0.1) is 0 Å². The number of pyridine rings is 1. The molecular weight excluding hydrogens is 370 g/mol. The zero-order valence-corrected chi connectivity index (χ0v) is 16.5. The number of fused-ring (bicyclic) bond motifs is 1. The van der Waals surface area contributed by atoms with Crippen LogP contribution in [-0.2, 0) is 11.8 Å². The van der Waals surface area contributed by atoms with Crippen molar-refractivity contribution in [3.63, 3.8) is 0 Å². The van der Waals surface area contributed by atoms with Gasteiger partial charge >= 0.3 is 0 Å². The minimum absolute atomic E-state index is 0.000729. The summed E-state index contributed by atoms with van der Waals surface area (Å²) in [5, 5.41) is 4.49. The predicted octanol–water partition coefficient (Wildman–Crippen LogP) is 2.89. The van der Waals surface area contributed by atoms with E-state index in [4.69, 9.17) is 11.6 Å². The second-order valence-electron chi connectivity index (χ2n) is 6.61. The molecular formula is C19H24ClN3O2S. The zero-order chi connectivity index (χ0) is 18.5. The summed E-state index contributed by atoms with van der Waals surface area (Å²) in [6.45, 7) is 4.12. The van der Waals surface area contributed by atoms with Gasteiger partial charge in [0.05, 0.1) is 11.3 Å². The number of likely N-dealkylation sites (tertiary alicyclic amines) is 1. The topological polar surface area (TPSA) is 54.3 Å². The highest BCUT2D eigenvalue weighted by atomic mass is 35.5. The normalized spacial score (nSPS) is 14.8. The second-order valence-corrected chi connectivity index (χ2v) is 8.06. The van der Waals surface area contributed by atoms with E-state index in [2.05, 4.69) is 10.2 Å².